The number of carbonyl (C=O) groups excluding carboxylic acids is 1. The number of nitrogens with zero attached hydrogens (tertiary/aromatic N) is 2. The molecule has 0 saturated heterocycles. The van der Waals surface area contributed by atoms with Crippen LogP contribution in [-0.4, -0.2) is 30.3 Å². The van der Waals surface area contributed by atoms with Gasteiger partial charge in [-0.3, -0.25) is 9.78 Å². The topological polar surface area (TPSA) is 75.6 Å². The van der Waals surface area contributed by atoms with Gasteiger partial charge in [0.15, 0.2) is 0 Å². The van der Waals surface area contributed by atoms with Crippen LogP contribution in [0.25, 0.3) is 0 Å². The molecule has 2 N–H and O–H groups in total. The maximum atomic E-state index is 12.0. The van der Waals surface area contributed by atoms with Crippen LogP contribution in [0, 0.1) is 0 Å². The minimum Gasteiger partial charge on any atom is -0.495 e. The summed E-state index contributed by atoms with van der Waals surface area (Å²) in [5, 5.41) is 7.00. The van der Waals surface area contributed by atoms with Gasteiger partial charge in [-0.1, -0.05) is 18.2 Å². The highest BCUT2D eigenvalue weighted by molar-refractivity contribution is 5.86. The lowest BCUT2D eigenvalue weighted by Gasteiger charge is -2.15. The minimum absolute atomic E-state index is 0.244. The fraction of sp³-hybridized carbons (Fsp3) is 0.188. The zero-order chi connectivity index (χ0) is 15.8. The molecule has 0 fully saturated rings. The molecule has 2 aromatic rings. The Labute approximate surface area is 129 Å². The number of hydrazone groups is 1. The molecule has 114 valence electrons. The lowest BCUT2D eigenvalue weighted by Crippen LogP contribution is -2.35. The number of methoxy groups -OCH3 is 1. The van der Waals surface area contributed by atoms with E-state index < -0.39 is 6.04 Å². The zero-order valence-corrected chi connectivity index (χ0v) is 12.5. The third kappa shape index (κ3) is 4.31. The fourth-order valence-electron chi connectivity index (χ4n) is 1.78. The molecule has 1 aromatic heterocycles. The zero-order valence-electron chi connectivity index (χ0n) is 12.5. The van der Waals surface area contributed by atoms with Gasteiger partial charge in [0.2, 0.25) is 0 Å². The molecule has 0 spiro atoms. The van der Waals surface area contributed by atoms with Crippen molar-refractivity contribution in [1.29, 1.82) is 0 Å². The van der Waals surface area contributed by atoms with Crippen molar-refractivity contribution < 1.29 is 9.53 Å². The van der Waals surface area contributed by atoms with Crippen molar-refractivity contribution in [2.45, 2.75) is 13.0 Å². The molecular formula is C16H18N4O2. The van der Waals surface area contributed by atoms with Gasteiger partial charge >= 0.3 is 0 Å². The first-order valence-electron chi connectivity index (χ1n) is 6.83. The highest BCUT2D eigenvalue weighted by Gasteiger charge is 2.13. The van der Waals surface area contributed by atoms with Crippen LogP contribution >= 0.6 is 0 Å². The van der Waals surface area contributed by atoms with Crippen LogP contribution in [0.5, 0.6) is 5.75 Å². The SMILES string of the molecule is COc1ccccc1NC(C)C(=O)NN=Cc1cccnc1. The Morgan fingerprint density at radius 3 is 2.86 bits per heavy atom. The number of amides is 1. The first kappa shape index (κ1) is 15.5. The monoisotopic (exact) mass is 298 g/mol. The summed E-state index contributed by atoms with van der Waals surface area (Å²) in [4.78, 5) is 16.0. The first-order chi connectivity index (χ1) is 10.7. The van der Waals surface area contributed by atoms with E-state index >= 15 is 0 Å². The average molecular weight is 298 g/mol. The van der Waals surface area contributed by atoms with Crippen LogP contribution in [0.4, 0.5) is 5.69 Å². The Hall–Kier alpha value is -2.89. The van der Waals surface area contributed by atoms with Crippen LogP contribution in [-0.2, 0) is 4.79 Å². The lowest BCUT2D eigenvalue weighted by atomic mass is 10.2. The number of ether oxygens (including phenoxy) is 1. The average Bonchev–Trinajstić information content (AvgIpc) is 2.56. The number of anilines is 1. The molecule has 1 unspecified atom stereocenters. The molecule has 1 amide bonds. The van der Waals surface area contributed by atoms with Gasteiger partial charge < -0.3 is 10.1 Å². The van der Waals surface area contributed by atoms with E-state index in [1.54, 1.807) is 38.7 Å². The molecule has 6 nitrogen and oxygen atoms in total. The molecule has 0 aliphatic heterocycles. The number of hydrogen-bond acceptors (Lipinski definition) is 5. The molecular weight excluding hydrogens is 280 g/mol. The van der Waals surface area contributed by atoms with Crippen molar-refractivity contribution in [2.24, 2.45) is 5.10 Å². The first-order valence-corrected chi connectivity index (χ1v) is 6.83. The Morgan fingerprint density at radius 2 is 2.14 bits per heavy atom. The summed E-state index contributed by atoms with van der Waals surface area (Å²) in [6, 6.07) is 10.6. The maximum absolute atomic E-state index is 12.0. The van der Waals surface area contributed by atoms with Gasteiger partial charge in [-0.15, -0.1) is 0 Å². The van der Waals surface area contributed by atoms with E-state index in [0.717, 1.165) is 11.3 Å². The third-order valence-electron chi connectivity index (χ3n) is 2.95. The van der Waals surface area contributed by atoms with Crippen molar-refractivity contribution in [3.63, 3.8) is 0 Å². The molecule has 2 rings (SSSR count). The highest BCUT2D eigenvalue weighted by atomic mass is 16.5. The normalized spacial score (nSPS) is 11.9. The number of para-hydroxylation sites is 2. The van der Waals surface area contributed by atoms with Gasteiger partial charge in [-0.05, 0) is 25.1 Å². The molecule has 0 aliphatic rings. The third-order valence-corrected chi connectivity index (χ3v) is 2.95. The standard InChI is InChI=1S/C16H18N4O2/c1-12(19-14-7-3-4-8-15(14)22-2)16(21)20-18-11-13-6-5-9-17-10-13/h3-12,19H,1-2H3,(H,20,21). The van der Waals surface area contributed by atoms with Gasteiger partial charge in [0.25, 0.3) is 5.91 Å². The summed E-state index contributed by atoms with van der Waals surface area (Å²) in [5.74, 6) is 0.437. The minimum atomic E-state index is -0.456. The van der Waals surface area contributed by atoms with Gasteiger partial charge in [-0.2, -0.15) is 5.10 Å². The molecule has 22 heavy (non-hydrogen) atoms. The van der Waals surface area contributed by atoms with Crippen LogP contribution in [0.2, 0.25) is 0 Å². The number of aromatic nitrogens is 1. The summed E-state index contributed by atoms with van der Waals surface area (Å²) in [5.41, 5.74) is 4.05. The molecule has 0 bridgehead atoms. The van der Waals surface area contributed by atoms with Crippen molar-refractivity contribution in [3.05, 3.63) is 54.4 Å². The van der Waals surface area contributed by atoms with Crippen molar-refractivity contribution >= 4 is 17.8 Å². The van der Waals surface area contributed by atoms with Crippen molar-refractivity contribution in [3.8, 4) is 5.75 Å². The quantitative estimate of drug-likeness (QED) is 0.632. The summed E-state index contributed by atoms with van der Waals surface area (Å²) in [7, 11) is 1.59. The van der Waals surface area contributed by atoms with E-state index in [0.29, 0.717) is 5.75 Å². The smallest absolute Gasteiger partial charge is 0.262 e. The number of rotatable bonds is 6. The molecule has 0 aliphatic carbocycles. The van der Waals surface area contributed by atoms with Crippen molar-refractivity contribution in [1.82, 2.24) is 10.4 Å². The van der Waals surface area contributed by atoms with Gasteiger partial charge in [0.1, 0.15) is 11.8 Å². The summed E-state index contributed by atoms with van der Waals surface area (Å²) < 4.78 is 5.23. The van der Waals surface area contributed by atoms with Gasteiger partial charge in [-0.25, -0.2) is 5.43 Å². The molecule has 1 heterocycles. The van der Waals surface area contributed by atoms with Gasteiger partial charge in [0.05, 0.1) is 19.0 Å². The van der Waals surface area contributed by atoms with E-state index in [4.69, 9.17) is 4.74 Å². The van der Waals surface area contributed by atoms with Crippen LogP contribution in [0.1, 0.15) is 12.5 Å². The summed E-state index contributed by atoms with van der Waals surface area (Å²) in [6.45, 7) is 1.75. The van der Waals surface area contributed by atoms with Crippen LogP contribution < -0.4 is 15.5 Å². The fourth-order valence-corrected chi connectivity index (χ4v) is 1.78. The highest BCUT2D eigenvalue weighted by Crippen LogP contribution is 2.23. The summed E-state index contributed by atoms with van der Waals surface area (Å²) >= 11 is 0. The second-order valence-corrected chi connectivity index (χ2v) is 4.59. The maximum Gasteiger partial charge on any atom is 0.262 e. The largest absolute Gasteiger partial charge is 0.495 e. The summed E-state index contributed by atoms with van der Waals surface area (Å²) in [6.07, 6.45) is 4.88. The van der Waals surface area contributed by atoms with Gasteiger partial charge in [0, 0.05) is 18.0 Å². The lowest BCUT2D eigenvalue weighted by molar-refractivity contribution is -0.121. The second kappa shape index (κ2) is 7.78. The van der Waals surface area contributed by atoms with Crippen LogP contribution in [0.15, 0.2) is 53.9 Å². The molecule has 1 aromatic carbocycles. The number of benzene rings is 1. The van der Waals surface area contributed by atoms with E-state index in [1.807, 2.05) is 30.3 Å². The predicted octanol–water partition coefficient (Wildman–Crippen LogP) is 2.04. The Morgan fingerprint density at radius 1 is 1.32 bits per heavy atom. The number of nitrogens with one attached hydrogen (secondary N) is 2. The molecule has 0 radical (unpaired) electrons. The van der Waals surface area contributed by atoms with E-state index in [-0.39, 0.29) is 5.91 Å². The second-order valence-electron chi connectivity index (χ2n) is 4.59. The predicted molar refractivity (Wildman–Crippen MR) is 86.1 cm³/mol. The molecule has 1 atom stereocenters. The van der Waals surface area contributed by atoms with E-state index in [2.05, 4.69) is 20.8 Å². The molecule has 6 heteroatoms. The number of pyridine rings is 1. The number of hydrogen-bond donors (Lipinski definition) is 2. The Balaban J connectivity index is 1.91. The van der Waals surface area contributed by atoms with Crippen molar-refractivity contribution in [2.75, 3.05) is 12.4 Å². The molecule has 0 saturated carbocycles. The van der Waals surface area contributed by atoms with Crippen LogP contribution in [0.3, 0.4) is 0 Å². The van der Waals surface area contributed by atoms with E-state index in [1.165, 1.54) is 0 Å². The Bertz CT molecular complexity index is 644. The van der Waals surface area contributed by atoms with E-state index in [9.17, 15) is 4.79 Å². The Kier molecular flexibility index (Phi) is 5.48. The number of carbonyl (C=O) groups is 1.